The van der Waals surface area contributed by atoms with Crippen molar-refractivity contribution in [1.29, 1.82) is 0 Å². The number of carboxylic acids is 12. The van der Waals surface area contributed by atoms with E-state index >= 15 is 0 Å². The minimum Gasteiger partial charge on any atom is -0.549 e. The molecular weight excluding hydrogens is 1290 g/mol. The normalized spacial score (nSPS) is 19.2. The molecule has 3 rings (SSSR count). The Hall–Kier alpha value is -5.52. The van der Waals surface area contributed by atoms with E-state index in [2.05, 4.69) is 0 Å². The Morgan fingerprint density at radius 2 is 0.259 bits per heavy atom. The second-order valence-corrected chi connectivity index (χ2v) is 20.0. The third kappa shape index (κ3) is 43.7. The molecule has 0 aromatic heterocycles. The largest absolute Gasteiger partial charge is 3.00 e. The van der Waals surface area contributed by atoms with Crippen LogP contribution in [-0.2, 0) is 57.5 Å². The number of rotatable bonds is 24. The van der Waals surface area contributed by atoms with E-state index in [9.17, 15) is 72.9 Å². The van der Waals surface area contributed by atoms with Crippen LogP contribution < -0.4 is 15.3 Å². The number of nitrogens with zero attached hydrogens (tertiary/aromatic N) is 12. The van der Waals surface area contributed by atoms with Crippen molar-refractivity contribution in [3.63, 3.8) is 0 Å². The van der Waals surface area contributed by atoms with E-state index in [1.807, 2.05) is 0 Å². The van der Waals surface area contributed by atoms with Gasteiger partial charge in [0.05, 0.1) is 76.8 Å². The molecule has 0 amide bonds. The molecule has 3 aliphatic rings. The van der Waals surface area contributed by atoms with Gasteiger partial charge in [-0.1, -0.05) is 0 Å². The van der Waals surface area contributed by atoms with E-state index in [1.54, 1.807) is 58.8 Å². The van der Waals surface area contributed by atoms with Gasteiger partial charge in [-0.25, -0.2) is 0 Å². The topological polar surface area (TPSA) is 495 Å². The number of hydrogen-bond acceptors (Lipinski definition) is 27. The molecule has 0 bridgehead atoms. The first-order valence-corrected chi connectivity index (χ1v) is 26.7. The predicted octanol–water partition coefficient (Wildman–Crippen LogP) is -11.4. The number of carbonyl (C=O) groups excluding carboxylic acids is 3. The molecule has 3 saturated heterocycles. The molecule has 485 valence electrons. The van der Waals surface area contributed by atoms with Crippen molar-refractivity contribution in [2.24, 2.45) is 0 Å². The molecule has 0 aromatic rings. The Balaban J connectivity index is 0.00000124. The Morgan fingerprint density at radius 1 is 0.188 bits per heavy atom. The van der Waals surface area contributed by atoms with E-state index in [-0.39, 0.29) is 236 Å². The van der Waals surface area contributed by atoms with Crippen LogP contribution in [0.5, 0.6) is 0 Å². The Kier molecular flexibility index (Phi) is 42.0. The molecule has 85 heavy (non-hydrogen) atoms. The van der Waals surface area contributed by atoms with Crippen LogP contribution in [0.1, 0.15) is 0 Å². The van der Waals surface area contributed by atoms with Crippen LogP contribution >= 0.6 is 0 Å². The SMILES string of the molecule is O=C([O-])CN1CCN(CC(=O)O)CCN(CC(=O)O)CCN(CC(=O)O)CC1.O=C([O-])CN1CCN(CC(=O)O)CCN(CC(=O)O)CCN(CC(=O)O)CC1.O=C([O-])CN1CCN(CC(=O)O)CCN(CC(=O)O)CCN(CC(=O)O)CC1.[Gd+3]. The van der Waals surface area contributed by atoms with Crippen molar-refractivity contribution in [3.05, 3.63) is 0 Å². The molecule has 3 heterocycles. The molecule has 3 fully saturated rings. The second-order valence-electron chi connectivity index (χ2n) is 20.0. The van der Waals surface area contributed by atoms with Crippen LogP contribution in [0.15, 0.2) is 0 Å². The van der Waals surface area contributed by atoms with E-state index in [4.69, 9.17) is 46.0 Å². The Bertz CT molecular complexity index is 1580. The van der Waals surface area contributed by atoms with Crippen molar-refractivity contribution in [2.75, 3.05) is 236 Å². The van der Waals surface area contributed by atoms with E-state index in [0.717, 1.165) is 0 Å². The second kappa shape index (κ2) is 44.9. The van der Waals surface area contributed by atoms with Gasteiger partial charge in [-0.05, 0) is 0 Å². The van der Waals surface area contributed by atoms with Gasteiger partial charge in [0.1, 0.15) is 0 Å². The Labute approximate surface area is 522 Å². The van der Waals surface area contributed by atoms with Crippen LogP contribution in [0, 0.1) is 39.9 Å². The average molecular weight is 1370 g/mol. The molecule has 36 nitrogen and oxygen atoms in total. The van der Waals surface area contributed by atoms with Crippen LogP contribution in [-0.4, -0.2) is 412 Å². The molecule has 1 radical (unpaired) electrons. The van der Waals surface area contributed by atoms with E-state index < -0.39 is 71.6 Å². The third-order valence-electron chi connectivity index (χ3n) is 13.1. The number of hydrogen-bond donors (Lipinski definition) is 9. The van der Waals surface area contributed by atoms with Gasteiger partial charge in [-0.2, -0.15) is 0 Å². The molecule has 9 N–H and O–H groups in total. The average Bonchev–Trinajstić information content (AvgIpc) is 3.39. The van der Waals surface area contributed by atoms with Gasteiger partial charge in [-0.3, -0.25) is 102 Å². The molecule has 0 aliphatic carbocycles. The summed E-state index contributed by atoms with van der Waals surface area (Å²) in [6.45, 7) is 3.54. The molecule has 0 atom stereocenters. The standard InChI is InChI=1S/3C16H28N4O8.Gd/c3*21-13(22)9-17-1-2-18(10-14(23)24)5-6-20(12-16(27)28)8-7-19(4-3-17)11-15(25)26;/h3*1-12H2,(H,21,22)(H,23,24)(H,25,26)(H,27,28);/q;;;+3/p-3. The van der Waals surface area contributed by atoms with Crippen molar-refractivity contribution < 1.29 is 159 Å². The predicted molar refractivity (Wildman–Crippen MR) is 281 cm³/mol. The fourth-order valence-electron chi connectivity index (χ4n) is 8.90. The van der Waals surface area contributed by atoms with Gasteiger partial charge in [0.25, 0.3) is 0 Å². The van der Waals surface area contributed by atoms with Gasteiger partial charge in [-0.15, -0.1) is 0 Å². The van der Waals surface area contributed by atoms with Gasteiger partial charge in [0.15, 0.2) is 0 Å². The van der Waals surface area contributed by atoms with Crippen molar-refractivity contribution in [2.45, 2.75) is 0 Å². The summed E-state index contributed by atoms with van der Waals surface area (Å²) in [7, 11) is 0. The minimum atomic E-state index is -1.27. The number of carbonyl (C=O) groups is 12. The van der Waals surface area contributed by atoms with Crippen molar-refractivity contribution >= 4 is 71.6 Å². The molecular formula is C48H81GdN12O24. The first-order chi connectivity index (χ1) is 39.5. The summed E-state index contributed by atoms with van der Waals surface area (Å²) in [6.07, 6.45) is 0. The van der Waals surface area contributed by atoms with Crippen LogP contribution in [0.2, 0.25) is 0 Å². The molecule has 37 heteroatoms. The van der Waals surface area contributed by atoms with Gasteiger partial charge in [0, 0.05) is 177 Å². The fourth-order valence-corrected chi connectivity index (χ4v) is 8.90. The zero-order valence-corrected chi connectivity index (χ0v) is 49.6. The summed E-state index contributed by atoms with van der Waals surface area (Å²) >= 11 is 0. The van der Waals surface area contributed by atoms with Gasteiger partial charge in [0.2, 0.25) is 0 Å². The van der Waals surface area contributed by atoms with E-state index in [0.29, 0.717) is 39.3 Å². The third-order valence-corrected chi connectivity index (χ3v) is 13.1. The molecule has 0 spiro atoms. The molecule has 0 saturated carbocycles. The molecule has 0 aromatic carbocycles. The number of carboxylic acid groups (broad SMARTS) is 12. The van der Waals surface area contributed by atoms with Crippen LogP contribution in [0.4, 0.5) is 0 Å². The summed E-state index contributed by atoms with van der Waals surface area (Å²) in [5.41, 5.74) is 0. The van der Waals surface area contributed by atoms with Crippen LogP contribution in [0.3, 0.4) is 0 Å². The maximum Gasteiger partial charge on any atom is 3.00 e. The summed E-state index contributed by atoms with van der Waals surface area (Å²) < 4.78 is 0. The molecule has 3 aliphatic heterocycles. The van der Waals surface area contributed by atoms with E-state index in [1.165, 1.54) is 0 Å². The summed E-state index contributed by atoms with van der Waals surface area (Å²) in [6, 6.07) is 0. The zero-order valence-electron chi connectivity index (χ0n) is 47.3. The minimum absolute atomic E-state index is 0. The Morgan fingerprint density at radius 3 is 0.318 bits per heavy atom. The monoisotopic (exact) mass is 1370 g/mol. The first-order valence-electron chi connectivity index (χ1n) is 26.7. The smallest absolute Gasteiger partial charge is 0.549 e. The quantitative estimate of drug-likeness (QED) is 0.0433. The summed E-state index contributed by atoms with van der Waals surface area (Å²) in [5.74, 6) is -13.1. The van der Waals surface area contributed by atoms with Crippen LogP contribution in [0.25, 0.3) is 0 Å². The van der Waals surface area contributed by atoms with Gasteiger partial charge >= 0.3 is 93.7 Å². The summed E-state index contributed by atoms with van der Waals surface area (Å²) in [5, 5.41) is 115. The zero-order chi connectivity index (χ0) is 63.3. The maximum atomic E-state index is 11.1. The maximum absolute atomic E-state index is 11.1. The van der Waals surface area contributed by atoms with Crippen molar-refractivity contribution in [3.8, 4) is 0 Å². The van der Waals surface area contributed by atoms with Gasteiger partial charge < -0.3 is 75.7 Å². The van der Waals surface area contributed by atoms with Crippen molar-refractivity contribution in [1.82, 2.24) is 58.8 Å². The summed E-state index contributed by atoms with van der Waals surface area (Å²) in [4.78, 5) is 152. The fraction of sp³-hybridized carbons (Fsp3) is 0.750. The molecule has 0 unspecified atom stereocenters. The first kappa shape index (κ1) is 79.5. The number of aliphatic carboxylic acids is 12.